The molecule has 0 radical (unpaired) electrons. The third kappa shape index (κ3) is 4.87. The third-order valence-corrected chi connectivity index (χ3v) is 4.51. The molecular formula is C11H21NO4Si. The second kappa shape index (κ2) is 5.64. The van der Waals surface area contributed by atoms with Gasteiger partial charge in [0, 0.05) is 27.6 Å². The van der Waals surface area contributed by atoms with Crippen LogP contribution in [-0.2, 0) is 14.3 Å². The number of rotatable bonds is 6. The maximum atomic E-state index is 11.5. The largest absolute Gasteiger partial charge is 0.481 e. The van der Waals surface area contributed by atoms with Crippen LogP contribution in [0.4, 0.5) is 0 Å². The minimum atomic E-state index is -1.10. The smallest absolute Gasteiger partial charge is 0.308 e. The lowest BCUT2D eigenvalue weighted by atomic mass is 10.1. The van der Waals surface area contributed by atoms with Crippen molar-refractivity contribution >= 4 is 20.0 Å². The van der Waals surface area contributed by atoms with Crippen LogP contribution in [0.1, 0.15) is 6.42 Å². The van der Waals surface area contributed by atoms with Crippen LogP contribution in [0, 0.1) is 5.92 Å². The molecule has 1 heterocycles. The zero-order valence-corrected chi connectivity index (χ0v) is 11.7. The quantitative estimate of drug-likeness (QED) is 0.575. The van der Waals surface area contributed by atoms with E-state index in [9.17, 15) is 9.59 Å². The van der Waals surface area contributed by atoms with Gasteiger partial charge < -0.3 is 14.7 Å². The number of carboxylic acid groups (broad SMARTS) is 1. The Kier molecular flexibility index (Phi) is 4.70. The number of nitrogens with zero attached hydrogens (tertiary/aromatic N) is 1. The second-order valence-electron chi connectivity index (χ2n) is 5.70. The van der Waals surface area contributed by atoms with E-state index in [1.165, 1.54) is 4.90 Å². The van der Waals surface area contributed by atoms with Gasteiger partial charge in [-0.2, -0.15) is 0 Å². The molecule has 0 aliphatic carbocycles. The van der Waals surface area contributed by atoms with Gasteiger partial charge >= 0.3 is 5.97 Å². The predicted molar refractivity (Wildman–Crippen MR) is 66.4 cm³/mol. The van der Waals surface area contributed by atoms with Gasteiger partial charge in [0.15, 0.2) is 0 Å². The van der Waals surface area contributed by atoms with Crippen molar-refractivity contribution in [2.45, 2.75) is 32.1 Å². The highest BCUT2D eigenvalue weighted by Gasteiger charge is 2.34. The number of hydrogen-bond acceptors (Lipinski definition) is 3. The van der Waals surface area contributed by atoms with E-state index in [-0.39, 0.29) is 25.6 Å². The molecule has 1 rings (SSSR count). The maximum absolute atomic E-state index is 11.5. The Hall–Kier alpha value is -0.883. The fraction of sp³-hybridized carbons (Fsp3) is 0.818. The molecule has 1 fully saturated rings. The van der Waals surface area contributed by atoms with Gasteiger partial charge in [-0.25, -0.2) is 0 Å². The highest BCUT2D eigenvalue weighted by molar-refractivity contribution is 6.76. The van der Waals surface area contributed by atoms with Crippen LogP contribution < -0.4 is 0 Å². The summed E-state index contributed by atoms with van der Waals surface area (Å²) in [6.07, 6.45) is 0.104. The summed E-state index contributed by atoms with van der Waals surface area (Å²) in [5, 5.41) is 8.81. The summed E-state index contributed by atoms with van der Waals surface area (Å²) in [5.74, 6) is -1.59. The van der Waals surface area contributed by atoms with Crippen LogP contribution in [0.25, 0.3) is 0 Å². The van der Waals surface area contributed by atoms with Crippen molar-refractivity contribution in [3.63, 3.8) is 0 Å². The zero-order chi connectivity index (χ0) is 13.1. The molecule has 1 amide bonds. The molecular weight excluding hydrogens is 238 g/mol. The molecule has 5 nitrogen and oxygen atoms in total. The van der Waals surface area contributed by atoms with Crippen LogP contribution in [0.3, 0.4) is 0 Å². The van der Waals surface area contributed by atoms with Gasteiger partial charge in [-0.15, -0.1) is 0 Å². The molecule has 1 aliphatic rings. The lowest BCUT2D eigenvalue weighted by molar-refractivity contribution is -0.141. The van der Waals surface area contributed by atoms with Crippen LogP contribution in [0.2, 0.25) is 25.7 Å². The summed E-state index contributed by atoms with van der Waals surface area (Å²) >= 11 is 0. The first kappa shape index (κ1) is 14.2. The van der Waals surface area contributed by atoms with E-state index in [1.807, 2.05) is 0 Å². The molecule has 0 aromatic heterocycles. The maximum Gasteiger partial charge on any atom is 0.308 e. The van der Waals surface area contributed by atoms with Crippen molar-refractivity contribution in [1.29, 1.82) is 0 Å². The minimum Gasteiger partial charge on any atom is -0.481 e. The summed E-state index contributed by atoms with van der Waals surface area (Å²) < 4.78 is 5.44. The number of carbonyl (C=O) groups excluding carboxylic acids is 1. The topological polar surface area (TPSA) is 66.8 Å². The average Bonchev–Trinajstić information content (AvgIpc) is 2.54. The van der Waals surface area contributed by atoms with Gasteiger partial charge in [-0.1, -0.05) is 19.6 Å². The van der Waals surface area contributed by atoms with Crippen LogP contribution in [-0.4, -0.2) is 49.8 Å². The van der Waals surface area contributed by atoms with Crippen LogP contribution in [0.15, 0.2) is 0 Å². The number of ether oxygens (including phenoxy) is 1. The van der Waals surface area contributed by atoms with Crippen molar-refractivity contribution in [2.75, 3.05) is 19.9 Å². The van der Waals surface area contributed by atoms with E-state index < -0.39 is 20.0 Å². The van der Waals surface area contributed by atoms with Crippen LogP contribution >= 0.6 is 0 Å². The van der Waals surface area contributed by atoms with Gasteiger partial charge in [0.1, 0.15) is 6.73 Å². The summed E-state index contributed by atoms with van der Waals surface area (Å²) in [6.45, 7) is 7.94. The molecule has 6 heteroatoms. The van der Waals surface area contributed by atoms with Crippen molar-refractivity contribution in [1.82, 2.24) is 4.90 Å². The molecule has 0 aromatic rings. The van der Waals surface area contributed by atoms with Gasteiger partial charge in [-0.05, 0) is 6.04 Å². The van der Waals surface area contributed by atoms with E-state index in [0.717, 1.165) is 6.04 Å². The molecule has 0 bridgehead atoms. The minimum absolute atomic E-state index is 0.104. The van der Waals surface area contributed by atoms with Gasteiger partial charge in [0.25, 0.3) is 0 Å². The second-order valence-corrected chi connectivity index (χ2v) is 11.3. The lowest BCUT2D eigenvalue weighted by Gasteiger charge is -2.19. The number of aliphatic carboxylic acids is 1. The SMILES string of the molecule is C[Si](C)(C)CCOCN1CC(C(=O)O)CC1=O. The number of amides is 1. The predicted octanol–water partition coefficient (Wildman–Crippen LogP) is 1.23. The summed E-state index contributed by atoms with van der Waals surface area (Å²) in [4.78, 5) is 23.7. The fourth-order valence-corrected chi connectivity index (χ4v) is 2.37. The molecule has 1 aliphatic heterocycles. The Morgan fingerprint density at radius 1 is 1.53 bits per heavy atom. The number of carboxylic acids is 1. The van der Waals surface area contributed by atoms with Gasteiger partial charge in [-0.3, -0.25) is 9.59 Å². The summed E-state index contributed by atoms with van der Waals surface area (Å²) in [5.41, 5.74) is 0. The Morgan fingerprint density at radius 3 is 2.65 bits per heavy atom. The molecule has 1 unspecified atom stereocenters. The summed E-state index contributed by atoms with van der Waals surface area (Å²) in [7, 11) is -1.10. The fourth-order valence-electron chi connectivity index (χ4n) is 1.62. The molecule has 1 atom stereocenters. The molecule has 1 N–H and O–H groups in total. The number of carbonyl (C=O) groups is 2. The lowest BCUT2D eigenvalue weighted by Crippen LogP contribution is -2.30. The molecule has 0 spiro atoms. The van der Waals surface area contributed by atoms with E-state index in [4.69, 9.17) is 9.84 Å². The van der Waals surface area contributed by atoms with Crippen molar-refractivity contribution < 1.29 is 19.4 Å². The van der Waals surface area contributed by atoms with E-state index in [2.05, 4.69) is 19.6 Å². The Balaban J connectivity index is 2.24. The van der Waals surface area contributed by atoms with Gasteiger partial charge in [0.05, 0.1) is 5.92 Å². The Labute approximate surface area is 103 Å². The molecule has 1 saturated heterocycles. The third-order valence-electron chi connectivity index (χ3n) is 2.81. The Morgan fingerprint density at radius 2 is 2.18 bits per heavy atom. The standard InChI is InChI=1S/C11H21NO4Si/c1-17(2,3)5-4-16-8-12-7-9(11(14)15)6-10(12)13/h9H,4-8H2,1-3H3,(H,14,15). The highest BCUT2D eigenvalue weighted by atomic mass is 28.3. The van der Waals surface area contributed by atoms with Crippen molar-refractivity contribution in [3.05, 3.63) is 0 Å². The van der Waals surface area contributed by atoms with E-state index >= 15 is 0 Å². The Bertz CT molecular complexity index is 300. The average molecular weight is 259 g/mol. The highest BCUT2D eigenvalue weighted by Crippen LogP contribution is 2.17. The van der Waals surface area contributed by atoms with Gasteiger partial charge in [0.2, 0.25) is 5.91 Å². The molecule has 0 aromatic carbocycles. The number of likely N-dealkylation sites (tertiary alicyclic amines) is 1. The van der Waals surface area contributed by atoms with E-state index in [1.54, 1.807) is 0 Å². The first-order valence-corrected chi connectivity index (χ1v) is 9.58. The van der Waals surface area contributed by atoms with E-state index in [0.29, 0.717) is 6.61 Å². The summed E-state index contributed by atoms with van der Waals surface area (Å²) in [6, 6.07) is 1.05. The molecule has 0 saturated carbocycles. The first-order chi connectivity index (χ1) is 7.79. The number of hydrogen-bond donors (Lipinski definition) is 1. The normalized spacial score (nSPS) is 21.0. The zero-order valence-electron chi connectivity index (χ0n) is 10.7. The molecule has 98 valence electrons. The molecule has 17 heavy (non-hydrogen) atoms. The first-order valence-electron chi connectivity index (χ1n) is 5.88. The monoisotopic (exact) mass is 259 g/mol. The van der Waals surface area contributed by atoms with Crippen LogP contribution in [0.5, 0.6) is 0 Å². The van der Waals surface area contributed by atoms with Crippen molar-refractivity contribution in [3.8, 4) is 0 Å². The van der Waals surface area contributed by atoms with Crippen molar-refractivity contribution in [2.24, 2.45) is 5.92 Å².